The van der Waals surface area contributed by atoms with Gasteiger partial charge in [0.1, 0.15) is 5.75 Å². The van der Waals surface area contributed by atoms with Gasteiger partial charge in [-0.05, 0) is 57.0 Å². The highest BCUT2D eigenvalue weighted by molar-refractivity contribution is 7.85. The van der Waals surface area contributed by atoms with Crippen LogP contribution in [-0.4, -0.2) is 29.7 Å². The quantitative estimate of drug-likeness (QED) is 0.757. The van der Waals surface area contributed by atoms with Crippen LogP contribution in [0.4, 0.5) is 0 Å². The van der Waals surface area contributed by atoms with Gasteiger partial charge < -0.3 is 10.1 Å². The SMILES string of the molecule is CCCNC(C)CCCS(=O)c1ccc(OC)cc1. The van der Waals surface area contributed by atoms with Crippen LogP contribution in [0.5, 0.6) is 5.75 Å². The fraction of sp³-hybridized carbons (Fsp3) is 0.600. The fourth-order valence-electron chi connectivity index (χ4n) is 1.86. The monoisotopic (exact) mass is 283 g/mol. The largest absolute Gasteiger partial charge is 0.497 e. The normalized spacial score (nSPS) is 14.1. The molecule has 0 aliphatic rings. The maximum atomic E-state index is 12.1. The average Bonchev–Trinajstić information content (AvgIpc) is 2.45. The summed E-state index contributed by atoms with van der Waals surface area (Å²) >= 11 is 0. The summed E-state index contributed by atoms with van der Waals surface area (Å²) in [4.78, 5) is 0.884. The Labute approximate surface area is 119 Å². The Balaban J connectivity index is 2.30. The molecule has 1 aromatic rings. The van der Waals surface area contributed by atoms with E-state index in [-0.39, 0.29) is 0 Å². The van der Waals surface area contributed by atoms with Crippen molar-refractivity contribution in [3.05, 3.63) is 24.3 Å². The molecule has 0 fully saturated rings. The van der Waals surface area contributed by atoms with Crippen LogP contribution in [-0.2, 0) is 10.8 Å². The van der Waals surface area contributed by atoms with Gasteiger partial charge in [-0.1, -0.05) is 6.92 Å². The third-order valence-corrected chi connectivity index (χ3v) is 4.49. The second kappa shape index (κ2) is 9.10. The van der Waals surface area contributed by atoms with Crippen LogP contribution in [0.15, 0.2) is 29.2 Å². The van der Waals surface area contributed by atoms with Gasteiger partial charge >= 0.3 is 0 Å². The van der Waals surface area contributed by atoms with E-state index in [4.69, 9.17) is 4.74 Å². The summed E-state index contributed by atoms with van der Waals surface area (Å²) in [5.41, 5.74) is 0. The van der Waals surface area contributed by atoms with Gasteiger partial charge in [0.05, 0.1) is 17.9 Å². The summed E-state index contributed by atoms with van der Waals surface area (Å²) < 4.78 is 17.2. The van der Waals surface area contributed by atoms with Gasteiger partial charge in [0.15, 0.2) is 0 Å². The molecular formula is C15H25NO2S. The lowest BCUT2D eigenvalue weighted by Crippen LogP contribution is -2.26. The Hall–Kier alpha value is -0.870. The van der Waals surface area contributed by atoms with Crippen molar-refractivity contribution in [2.75, 3.05) is 19.4 Å². The highest BCUT2D eigenvalue weighted by atomic mass is 32.2. The van der Waals surface area contributed by atoms with Crippen LogP contribution in [0.3, 0.4) is 0 Å². The zero-order valence-electron chi connectivity index (χ0n) is 12.1. The zero-order valence-corrected chi connectivity index (χ0v) is 13.0. The van der Waals surface area contributed by atoms with Gasteiger partial charge in [0.2, 0.25) is 0 Å². The predicted octanol–water partition coefficient (Wildman–Crippen LogP) is 2.97. The van der Waals surface area contributed by atoms with E-state index >= 15 is 0 Å². The van der Waals surface area contributed by atoms with Crippen LogP contribution in [0.25, 0.3) is 0 Å². The molecule has 3 nitrogen and oxygen atoms in total. The highest BCUT2D eigenvalue weighted by Crippen LogP contribution is 2.15. The summed E-state index contributed by atoms with van der Waals surface area (Å²) in [7, 11) is 0.736. The van der Waals surface area contributed by atoms with E-state index < -0.39 is 10.8 Å². The van der Waals surface area contributed by atoms with Crippen molar-refractivity contribution in [3.8, 4) is 5.75 Å². The molecule has 0 aliphatic heterocycles. The molecule has 2 unspecified atom stereocenters. The second-order valence-electron chi connectivity index (χ2n) is 4.72. The lowest BCUT2D eigenvalue weighted by molar-refractivity contribution is 0.414. The van der Waals surface area contributed by atoms with Crippen molar-refractivity contribution in [3.63, 3.8) is 0 Å². The third kappa shape index (κ3) is 6.21. The number of nitrogens with one attached hydrogen (secondary N) is 1. The number of hydrogen-bond donors (Lipinski definition) is 1. The number of benzene rings is 1. The molecule has 1 aromatic carbocycles. The van der Waals surface area contributed by atoms with Crippen LogP contribution in [0, 0.1) is 0 Å². The molecule has 0 spiro atoms. The highest BCUT2D eigenvalue weighted by Gasteiger charge is 2.06. The van der Waals surface area contributed by atoms with Gasteiger partial charge in [0.25, 0.3) is 0 Å². The summed E-state index contributed by atoms with van der Waals surface area (Å²) in [5.74, 6) is 1.53. The summed E-state index contributed by atoms with van der Waals surface area (Å²) in [5, 5.41) is 3.45. The molecule has 19 heavy (non-hydrogen) atoms. The molecule has 0 bridgehead atoms. The molecule has 1 rings (SSSR count). The average molecular weight is 283 g/mol. The second-order valence-corrected chi connectivity index (χ2v) is 6.29. The van der Waals surface area contributed by atoms with Crippen molar-refractivity contribution in [1.82, 2.24) is 5.32 Å². The van der Waals surface area contributed by atoms with Gasteiger partial charge in [-0.2, -0.15) is 0 Å². The summed E-state index contributed by atoms with van der Waals surface area (Å²) in [6, 6.07) is 7.99. The molecule has 108 valence electrons. The Kier molecular flexibility index (Phi) is 7.75. The minimum absolute atomic E-state index is 0.507. The molecule has 0 heterocycles. The van der Waals surface area contributed by atoms with Crippen molar-refractivity contribution < 1.29 is 8.95 Å². The minimum atomic E-state index is -0.899. The van der Waals surface area contributed by atoms with Gasteiger partial charge in [0, 0.05) is 16.7 Å². The number of rotatable bonds is 9. The maximum Gasteiger partial charge on any atom is 0.118 e. The molecule has 2 atom stereocenters. The number of ether oxygens (including phenoxy) is 1. The van der Waals surface area contributed by atoms with Gasteiger partial charge in [-0.25, -0.2) is 0 Å². The van der Waals surface area contributed by atoms with Crippen LogP contribution in [0.2, 0.25) is 0 Å². The van der Waals surface area contributed by atoms with E-state index in [1.165, 1.54) is 0 Å². The molecule has 0 saturated carbocycles. The van der Waals surface area contributed by atoms with E-state index in [9.17, 15) is 4.21 Å². The first-order chi connectivity index (χ1) is 9.17. The first-order valence-electron chi connectivity index (χ1n) is 6.93. The molecule has 0 aliphatic carbocycles. The van der Waals surface area contributed by atoms with E-state index in [1.807, 2.05) is 24.3 Å². The Morgan fingerprint density at radius 1 is 1.32 bits per heavy atom. The first-order valence-corrected chi connectivity index (χ1v) is 8.25. The molecule has 4 heteroatoms. The lowest BCUT2D eigenvalue weighted by atomic mass is 10.2. The van der Waals surface area contributed by atoms with Crippen LogP contribution >= 0.6 is 0 Å². The standard InChI is InChI=1S/C15H25NO2S/c1-4-11-16-13(2)6-5-12-19(17)15-9-7-14(18-3)8-10-15/h7-10,13,16H,4-6,11-12H2,1-3H3. The summed E-state index contributed by atoms with van der Waals surface area (Å²) in [6.07, 6.45) is 3.21. The molecular weight excluding hydrogens is 258 g/mol. The van der Waals surface area contributed by atoms with Crippen molar-refractivity contribution in [2.24, 2.45) is 0 Å². The van der Waals surface area contributed by atoms with Crippen LogP contribution in [0.1, 0.15) is 33.1 Å². The van der Waals surface area contributed by atoms with Gasteiger partial charge in [-0.3, -0.25) is 4.21 Å². The lowest BCUT2D eigenvalue weighted by Gasteiger charge is -2.12. The van der Waals surface area contributed by atoms with Crippen molar-refractivity contribution in [2.45, 2.75) is 44.0 Å². The zero-order chi connectivity index (χ0) is 14.1. The summed E-state index contributed by atoms with van der Waals surface area (Å²) in [6.45, 7) is 5.41. The topological polar surface area (TPSA) is 38.3 Å². The van der Waals surface area contributed by atoms with Crippen molar-refractivity contribution in [1.29, 1.82) is 0 Å². The molecule has 0 amide bonds. The maximum absolute atomic E-state index is 12.1. The fourth-order valence-corrected chi connectivity index (χ4v) is 2.96. The third-order valence-electron chi connectivity index (χ3n) is 3.03. The van der Waals surface area contributed by atoms with E-state index in [0.29, 0.717) is 6.04 Å². The van der Waals surface area contributed by atoms with Gasteiger partial charge in [-0.15, -0.1) is 0 Å². The molecule has 0 aromatic heterocycles. The molecule has 0 radical (unpaired) electrons. The van der Waals surface area contributed by atoms with Crippen LogP contribution < -0.4 is 10.1 Å². The van der Waals surface area contributed by atoms with E-state index in [1.54, 1.807) is 7.11 Å². The Morgan fingerprint density at radius 2 is 2.00 bits per heavy atom. The smallest absolute Gasteiger partial charge is 0.118 e. The number of hydrogen-bond acceptors (Lipinski definition) is 3. The van der Waals surface area contributed by atoms with Crippen molar-refractivity contribution >= 4 is 10.8 Å². The number of methoxy groups -OCH3 is 1. The Bertz CT molecular complexity index is 378. The molecule has 0 saturated heterocycles. The first kappa shape index (κ1) is 16.2. The Morgan fingerprint density at radius 3 is 2.58 bits per heavy atom. The minimum Gasteiger partial charge on any atom is -0.497 e. The molecule has 1 N–H and O–H groups in total. The van der Waals surface area contributed by atoms with E-state index in [0.717, 1.165) is 42.2 Å². The predicted molar refractivity (Wildman–Crippen MR) is 81.3 cm³/mol. The van der Waals surface area contributed by atoms with E-state index in [2.05, 4.69) is 19.2 Å².